The number of Topliss-reactive ketones (excluding diaryl/α,β-unsaturated/α-hetero) is 1. The van der Waals surface area contributed by atoms with E-state index in [9.17, 15) is 14.7 Å². The first-order chi connectivity index (χ1) is 19.8. The minimum atomic E-state index is -0.980. The Hall–Kier alpha value is -4.53. The lowest BCUT2D eigenvalue weighted by atomic mass is 9.94. The number of hydrogen-bond acceptors (Lipinski definition) is 7. The van der Waals surface area contributed by atoms with E-state index in [1.165, 1.54) is 25.2 Å². The molecule has 0 aliphatic carbocycles. The molecule has 0 radical (unpaired) electrons. The second kappa shape index (κ2) is 11.9. The van der Waals surface area contributed by atoms with Gasteiger partial charge in [0.2, 0.25) is 0 Å². The lowest BCUT2D eigenvalue weighted by molar-refractivity contribution is -0.140. The highest BCUT2D eigenvalue weighted by molar-refractivity contribution is 6.47. The quantitative estimate of drug-likeness (QED) is 0.136. The summed E-state index contributed by atoms with van der Waals surface area (Å²) in [6.45, 7) is 0.0829. The molecule has 0 saturated carbocycles. The maximum Gasteiger partial charge on any atom is 0.295 e. The molecule has 1 unspecified atom stereocenters. The number of aliphatic hydroxyl groups excluding tert-OH is 1. The van der Waals surface area contributed by atoms with Crippen molar-refractivity contribution in [1.82, 2.24) is 9.88 Å². The molecule has 1 saturated heterocycles. The molecule has 1 fully saturated rings. The van der Waals surface area contributed by atoms with Crippen molar-refractivity contribution >= 4 is 40.7 Å². The number of aliphatic hydroxyl groups is 1. The van der Waals surface area contributed by atoms with Gasteiger partial charge < -0.3 is 24.2 Å². The molecule has 1 aliphatic rings. The Labute approximate surface area is 246 Å². The SMILES string of the molecule is COc1c(Cl)cc(/C(O)=C2\C(=O)C(=O)N(Cc3ccncc3)C2c2cccc(Oc3ccccc3)c2)c(OC)c1Cl. The number of carbonyl (C=O) groups excluding carboxylic acids is 2. The number of carbonyl (C=O) groups is 2. The molecule has 10 heteroatoms. The fourth-order valence-corrected chi connectivity index (χ4v) is 5.43. The van der Waals surface area contributed by atoms with Crippen molar-refractivity contribution < 1.29 is 28.9 Å². The van der Waals surface area contributed by atoms with Crippen molar-refractivity contribution in [2.24, 2.45) is 0 Å². The van der Waals surface area contributed by atoms with E-state index in [0.717, 1.165) is 5.56 Å². The molecule has 2 heterocycles. The fraction of sp³-hybridized carbons (Fsp3) is 0.129. The Bertz CT molecular complexity index is 1640. The van der Waals surface area contributed by atoms with Crippen LogP contribution in [0.3, 0.4) is 0 Å². The molecule has 208 valence electrons. The number of halogens is 2. The topological polar surface area (TPSA) is 98.2 Å². The molecule has 5 rings (SSSR count). The monoisotopic (exact) mass is 590 g/mol. The molecule has 1 aromatic heterocycles. The number of methoxy groups -OCH3 is 2. The summed E-state index contributed by atoms with van der Waals surface area (Å²) in [6.07, 6.45) is 3.20. The first kappa shape index (κ1) is 28.0. The molecule has 1 aliphatic heterocycles. The molecule has 3 aromatic carbocycles. The summed E-state index contributed by atoms with van der Waals surface area (Å²) >= 11 is 12.9. The zero-order chi connectivity index (χ0) is 29.1. The zero-order valence-corrected chi connectivity index (χ0v) is 23.5. The van der Waals surface area contributed by atoms with Crippen LogP contribution in [-0.2, 0) is 16.1 Å². The van der Waals surface area contributed by atoms with E-state index in [0.29, 0.717) is 17.1 Å². The van der Waals surface area contributed by atoms with E-state index in [-0.39, 0.29) is 39.2 Å². The van der Waals surface area contributed by atoms with Gasteiger partial charge in [-0.25, -0.2) is 0 Å². The predicted molar refractivity (Wildman–Crippen MR) is 155 cm³/mol. The second-order valence-electron chi connectivity index (χ2n) is 9.06. The Kier molecular flexibility index (Phi) is 8.14. The van der Waals surface area contributed by atoms with Crippen LogP contribution in [-0.4, -0.2) is 40.9 Å². The summed E-state index contributed by atoms with van der Waals surface area (Å²) in [5.74, 6) is -0.886. The third-order valence-electron chi connectivity index (χ3n) is 6.59. The van der Waals surface area contributed by atoms with Crippen LogP contribution in [0.15, 0.2) is 90.8 Å². The van der Waals surface area contributed by atoms with Crippen molar-refractivity contribution in [3.8, 4) is 23.0 Å². The van der Waals surface area contributed by atoms with Crippen LogP contribution in [0.2, 0.25) is 10.0 Å². The highest BCUT2D eigenvalue weighted by Gasteiger charge is 2.46. The molecule has 41 heavy (non-hydrogen) atoms. The number of ether oxygens (including phenoxy) is 3. The largest absolute Gasteiger partial charge is 0.507 e. The van der Waals surface area contributed by atoms with Gasteiger partial charge in [0, 0.05) is 18.9 Å². The average molecular weight is 591 g/mol. The first-order valence-corrected chi connectivity index (χ1v) is 13.2. The maximum absolute atomic E-state index is 13.6. The number of benzene rings is 3. The standard InChI is InChI=1S/C31H24Cl2N2O6/c1-39-29-22(16-23(32)30(40-2)25(29)33)27(36)24-26(35(31(38)28(24)37)17-18-11-13-34-14-12-18)19-7-6-10-21(15-19)41-20-8-4-3-5-9-20/h3-16,26,36H,17H2,1-2H3/b27-24+. The zero-order valence-electron chi connectivity index (χ0n) is 22.0. The smallest absolute Gasteiger partial charge is 0.295 e. The highest BCUT2D eigenvalue weighted by atomic mass is 35.5. The van der Waals surface area contributed by atoms with Crippen molar-refractivity contribution in [2.45, 2.75) is 12.6 Å². The number of amides is 1. The normalized spacial score (nSPS) is 16.1. The number of para-hydroxylation sites is 1. The van der Waals surface area contributed by atoms with Gasteiger partial charge in [-0.15, -0.1) is 0 Å². The van der Waals surface area contributed by atoms with Gasteiger partial charge in [-0.1, -0.05) is 53.5 Å². The fourth-order valence-electron chi connectivity index (χ4n) is 4.74. The molecule has 1 N–H and O–H groups in total. The molecule has 4 aromatic rings. The number of nitrogens with zero attached hydrogens (tertiary/aromatic N) is 2. The number of likely N-dealkylation sites (tertiary alicyclic amines) is 1. The van der Waals surface area contributed by atoms with Crippen molar-refractivity contribution in [3.05, 3.63) is 117 Å². The van der Waals surface area contributed by atoms with Gasteiger partial charge in [0.1, 0.15) is 22.3 Å². The van der Waals surface area contributed by atoms with Gasteiger partial charge in [0.15, 0.2) is 11.5 Å². The van der Waals surface area contributed by atoms with Crippen LogP contribution in [0.5, 0.6) is 23.0 Å². The Morgan fingerprint density at radius 3 is 2.27 bits per heavy atom. The van der Waals surface area contributed by atoms with Crippen molar-refractivity contribution in [2.75, 3.05) is 14.2 Å². The van der Waals surface area contributed by atoms with Gasteiger partial charge in [-0.2, -0.15) is 0 Å². The summed E-state index contributed by atoms with van der Waals surface area (Å²) in [6, 6.07) is 20.1. The third kappa shape index (κ3) is 5.44. The summed E-state index contributed by atoms with van der Waals surface area (Å²) in [5.41, 5.74) is 1.16. The number of hydrogen-bond donors (Lipinski definition) is 1. The molecule has 8 nitrogen and oxygen atoms in total. The molecule has 0 spiro atoms. The molecule has 0 bridgehead atoms. The van der Waals surface area contributed by atoms with Crippen LogP contribution in [0, 0.1) is 0 Å². The van der Waals surface area contributed by atoms with Gasteiger partial charge in [0.05, 0.1) is 36.4 Å². The van der Waals surface area contributed by atoms with Gasteiger partial charge >= 0.3 is 0 Å². The average Bonchev–Trinajstić information content (AvgIpc) is 3.23. The number of aromatic nitrogens is 1. The van der Waals surface area contributed by atoms with Crippen molar-refractivity contribution in [1.29, 1.82) is 0 Å². The van der Waals surface area contributed by atoms with E-state index in [1.807, 2.05) is 30.3 Å². The Balaban J connectivity index is 1.69. The maximum atomic E-state index is 13.6. The lowest BCUT2D eigenvalue weighted by Gasteiger charge is -2.26. The Morgan fingerprint density at radius 2 is 1.59 bits per heavy atom. The number of ketones is 1. The lowest BCUT2D eigenvalue weighted by Crippen LogP contribution is -2.29. The van der Waals surface area contributed by atoms with E-state index >= 15 is 0 Å². The number of pyridine rings is 1. The summed E-state index contributed by atoms with van der Waals surface area (Å²) in [4.78, 5) is 32.5. The van der Waals surface area contributed by atoms with Crippen molar-refractivity contribution in [3.63, 3.8) is 0 Å². The van der Waals surface area contributed by atoms with E-state index in [1.54, 1.807) is 48.8 Å². The van der Waals surface area contributed by atoms with Crippen LogP contribution in [0.25, 0.3) is 5.76 Å². The molecular weight excluding hydrogens is 567 g/mol. The summed E-state index contributed by atoms with van der Waals surface area (Å²) < 4.78 is 16.7. The number of rotatable bonds is 8. The molecular formula is C31H24Cl2N2O6. The molecule has 1 atom stereocenters. The molecule has 1 amide bonds. The summed E-state index contributed by atoms with van der Waals surface area (Å²) in [7, 11) is 2.75. The van der Waals surface area contributed by atoms with Gasteiger partial charge in [0.25, 0.3) is 11.7 Å². The van der Waals surface area contributed by atoms with E-state index in [2.05, 4.69) is 4.98 Å². The first-order valence-electron chi connectivity index (χ1n) is 12.4. The minimum Gasteiger partial charge on any atom is -0.507 e. The highest BCUT2D eigenvalue weighted by Crippen LogP contribution is 2.47. The van der Waals surface area contributed by atoms with Crippen LogP contribution >= 0.6 is 23.2 Å². The van der Waals surface area contributed by atoms with E-state index in [4.69, 9.17) is 37.4 Å². The third-order valence-corrected chi connectivity index (χ3v) is 7.21. The Morgan fingerprint density at radius 1 is 0.902 bits per heavy atom. The van der Waals surface area contributed by atoms with Crippen LogP contribution in [0.1, 0.15) is 22.7 Å². The van der Waals surface area contributed by atoms with Gasteiger partial charge in [-0.3, -0.25) is 14.6 Å². The minimum absolute atomic E-state index is 0.00451. The van der Waals surface area contributed by atoms with Crippen LogP contribution in [0.4, 0.5) is 0 Å². The van der Waals surface area contributed by atoms with E-state index < -0.39 is 23.5 Å². The van der Waals surface area contributed by atoms with Gasteiger partial charge in [-0.05, 0) is 53.6 Å². The van der Waals surface area contributed by atoms with Crippen LogP contribution < -0.4 is 14.2 Å². The second-order valence-corrected chi connectivity index (χ2v) is 9.84. The predicted octanol–water partition coefficient (Wildman–Crippen LogP) is 6.82. The summed E-state index contributed by atoms with van der Waals surface area (Å²) in [5, 5.41) is 11.7.